The van der Waals surface area contributed by atoms with Gasteiger partial charge < -0.3 is 21.8 Å². The Hall–Kier alpha value is -2.49. The summed E-state index contributed by atoms with van der Waals surface area (Å²) < 4.78 is 37.9. The topological polar surface area (TPSA) is 122 Å². The number of amides is 3. The number of primary amides is 1. The Morgan fingerprint density at radius 2 is 1.76 bits per heavy atom. The average Bonchev–Trinajstić information content (AvgIpc) is 2.41. The summed E-state index contributed by atoms with van der Waals surface area (Å²) in [5, 5.41) is 4.56. The molecule has 0 saturated carbocycles. The highest BCUT2D eigenvalue weighted by atomic mass is 19.4. The Kier molecular flexibility index (Phi) is 5.36. The summed E-state index contributed by atoms with van der Waals surface area (Å²) in [5.41, 5.74) is 5.78. The number of nitrogen functional groups attached to an aromatic ring is 1. The first-order chi connectivity index (χ1) is 9.75. The second-order valence-corrected chi connectivity index (χ2v) is 3.95. The molecule has 0 bridgehead atoms. The minimum Gasteiger partial charge on any atom is -0.352 e. The molecule has 0 atom stereocenters. The van der Waals surface area contributed by atoms with Gasteiger partial charge in [0, 0.05) is 13.1 Å². The fourth-order valence-electron chi connectivity index (χ4n) is 1.49. The van der Waals surface area contributed by atoms with Crippen LogP contribution in [0.15, 0.2) is 18.2 Å². The van der Waals surface area contributed by atoms with Crippen LogP contribution in [0.4, 0.5) is 23.7 Å². The summed E-state index contributed by atoms with van der Waals surface area (Å²) in [6, 6.07) is 1.78. The molecule has 0 fully saturated rings. The Balaban J connectivity index is 2.83. The second-order valence-electron chi connectivity index (χ2n) is 3.95. The van der Waals surface area contributed by atoms with Gasteiger partial charge in [-0.05, 0) is 18.2 Å². The number of nitrogens with one attached hydrogen (secondary N) is 3. The zero-order chi connectivity index (χ0) is 16.0. The monoisotopic (exact) mass is 305 g/mol. The molecule has 0 saturated heterocycles. The third kappa shape index (κ3) is 4.84. The minimum absolute atomic E-state index is 0.00201. The van der Waals surface area contributed by atoms with Gasteiger partial charge in [-0.3, -0.25) is 10.6 Å². The lowest BCUT2D eigenvalue weighted by Crippen LogP contribution is -2.37. The van der Waals surface area contributed by atoms with Crippen molar-refractivity contribution in [2.75, 3.05) is 18.5 Å². The zero-order valence-electron chi connectivity index (χ0n) is 10.8. The summed E-state index contributed by atoms with van der Waals surface area (Å²) >= 11 is 0. The number of carbonyl (C=O) groups is 2. The highest BCUT2D eigenvalue weighted by Crippen LogP contribution is 2.31. The van der Waals surface area contributed by atoms with Crippen LogP contribution in [0.3, 0.4) is 0 Å². The standard InChI is InChI=1S/C11H14F3N5O2/c12-11(13,14)6-1-2-8(19-16)7(5-6)9(20)17-3-4-18-10(15)21/h1-2,5,19H,3-4,16H2,(H,17,20)(H3,15,18,21). The van der Waals surface area contributed by atoms with Crippen LogP contribution < -0.4 is 27.6 Å². The first-order valence-electron chi connectivity index (χ1n) is 5.75. The third-order valence-corrected chi connectivity index (χ3v) is 2.46. The molecule has 7 N–H and O–H groups in total. The van der Waals surface area contributed by atoms with E-state index in [4.69, 9.17) is 11.6 Å². The number of benzene rings is 1. The van der Waals surface area contributed by atoms with E-state index in [1.807, 2.05) is 0 Å². The summed E-state index contributed by atoms with van der Waals surface area (Å²) in [7, 11) is 0. The molecule has 0 aliphatic rings. The molecule has 0 spiro atoms. The van der Waals surface area contributed by atoms with E-state index in [-0.39, 0.29) is 24.3 Å². The van der Waals surface area contributed by atoms with Crippen molar-refractivity contribution in [3.05, 3.63) is 29.3 Å². The fraction of sp³-hybridized carbons (Fsp3) is 0.273. The zero-order valence-corrected chi connectivity index (χ0v) is 10.8. The SMILES string of the molecule is NNc1ccc(C(F)(F)F)cc1C(=O)NCCNC(N)=O. The molecule has 1 aromatic carbocycles. The third-order valence-electron chi connectivity index (χ3n) is 2.46. The van der Waals surface area contributed by atoms with Crippen molar-refractivity contribution >= 4 is 17.6 Å². The van der Waals surface area contributed by atoms with Gasteiger partial charge in [-0.25, -0.2) is 4.79 Å². The number of urea groups is 1. The lowest BCUT2D eigenvalue weighted by atomic mass is 10.1. The molecule has 1 rings (SSSR count). The average molecular weight is 305 g/mol. The molecular weight excluding hydrogens is 291 g/mol. The molecule has 1 aromatic rings. The van der Waals surface area contributed by atoms with Crippen molar-refractivity contribution in [3.8, 4) is 0 Å². The predicted octanol–water partition coefficient (Wildman–Crippen LogP) is 0.389. The molecule has 21 heavy (non-hydrogen) atoms. The molecule has 0 aliphatic carbocycles. The highest BCUT2D eigenvalue weighted by Gasteiger charge is 2.31. The Morgan fingerprint density at radius 3 is 2.29 bits per heavy atom. The van der Waals surface area contributed by atoms with Crippen LogP contribution in [-0.4, -0.2) is 25.0 Å². The van der Waals surface area contributed by atoms with Crippen LogP contribution in [0.1, 0.15) is 15.9 Å². The van der Waals surface area contributed by atoms with E-state index >= 15 is 0 Å². The van der Waals surface area contributed by atoms with E-state index in [0.717, 1.165) is 12.1 Å². The molecule has 0 aromatic heterocycles. The number of hydrogen-bond acceptors (Lipinski definition) is 4. The quantitative estimate of drug-likeness (QED) is 0.307. The van der Waals surface area contributed by atoms with Gasteiger partial charge in [0.05, 0.1) is 16.8 Å². The lowest BCUT2D eigenvalue weighted by molar-refractivity contribution is -0.137. The fourth-order valence-corrected chi connectivity index (χ4v) is 1.49. The van der Waals surface area contributed by atoms with Crippen LogP contribution in [0.25, 0.3) is 0 Å². The molecule has 3 amide bonds. The van der Waals surface area contributed by atoms with E-state index in [1.54, 1.807) is 0 Å². The number of halogens is 3. The van der Waals surface area contributed by atoms with Crippen molar-refractivity contribution < 1.29 is 22.8 Å². The molecule has 0 heterocycles. The number of nitrogens with two attached hydrogens (primary N) is 2. The summed E-state index contributed by atoms with van der Waals surface area (Å²) in [5.74, 6) is 4.39. The van der Waals surface area contributed by atoms with Crippen molar-refractivity contribution in [1.29, 1.82) is 0 Å². The molecule has 0 unspecified atom stereocenters. The molecule has 0 radical (unpaired) electrons. The van der Waals surface area contributed by atoms with E-state index < -0.39 is 23.7 Å². The molecular formula is C11H14F3N5O2. The number of hydrogen-bond donors (Lipinski definition) is 5. The first-order valence-corrected chi connectivity index (χ1v) is 5.75. The number of carbonyl (C=O) groups excluding carboxylic acids is 2. The Bertz CT molecular complexity index is 533. The van der Waals surface area contributed by atoms with Gasteiger partial charge in [0.15, 0.2) is 0 Å². The maximum absolute atomic E-state index is 12.6. The van der Waals surface area contributed by atoms with Gasteiger partial charge in [0.2, 0.25) is 0 Å². The van der Waals surface area contributed by atoms with Gasteiger partial charge in [-0.15, -0.1) is 0 Å². The van der Waals surface area contributed by atoms with E-state index in [9.17, 15) is 22.8 Å². The van der Waals surface area contributed by atoms with Crippen LogP contribution in [-0.2, 0) is 6.18 Å². The minimum atomic E-state index is -4.57. The van der Waals surface area contributed by atoms with Crippen LogP contribution >= 0.6 is 0 Å². The largest absolute Gasteiger partial charge is 0.416 e. The normalized spacial score (nSPS) is 10.9. The van der Waals surface area contributed by atoms with Crippen molar-refractivity contribution in [3.63, 3.8) is 0 Å². The number of hydrazine groups is 1. The van der Waals surface area contributed by atoms with Crippen molar-refractivity contribution in [1.82, 2.24) is 10.6 Å². The number of anilines is 1. The smallest absolute Gasteiger partial charge is 0.352 e. The summed E-state index contributed by atoms with van der Waals surface area (Å²) in [6.45, 7) is 0.0491. The first kappa shape index (κ1) is 16.6. The van der Waals surface area contributed by atoms with Gasteiger partial charge in [-0.1, -0.05) is 0 Å². The Morgan fingerprint density at radius 1 is 1.14 bits per heavy atom. The van der Waals surface area contributed by atoms with Crippen LogP contribution in [0.2, 0.25) is 0 Å². The van der Waals surface area contributed by atoms with Crippen LogP contribution in [0, 0.1) is 0 Å². The van der Waals surface area contributed by atoms with Gasteiger partial charge >= 0.3 is 12.2 Å². The number of rotatable bonds is 5. The Labute approximate surface area is 117 Å². The predicted molar refractivity (Wildman–Crippen MR) is 69.2 cm³/mol. The van der Waals surface area contributed by atoms with Crippen molar-refractivity contribution in [2.24, 2.45) is 11.6 Å². The maximum atomic E-state index is 12.6. The molecule has 10 heteroatoms. The number of alkyl halides is 3. The summed E-state index contributed by atoms with van der Waals surface area (Å²) in [4.78, 5) is 22.2. The second kappa shape index (κ2) is 6.79. The van der Waals surface area contributed by atoms with Crippen molar-refractivity contribution in [2.45, 2.75) is 6.18 Å². The van der Waals surface area contributed by atoms with E-state index in [0.29, 0.717) is 6.07 Å². The van der Waals surface area contributed by atoms with Gasteiger partial charge in [-0.2, -0.15) is 13.2 Å². The molecule has 116 valence electrons. The summed E-state index contributed by atoms with van der Waals surface area (Å²) in [6.07, 6.45) is -4.57. The van der Waals surface area contributed by atoms with E-state index in [1.165, 1.54) is 0 Å². The van der Waals surface area contributed by atoms with Gasteiger partial charge in [0.25, 0.3) is 5.91 Å². The maximum Gasteiger partial charge on any atom is 0.416 e. The van der Waals surface area contributed by atoms with E-state index in [2.05, 4.69) is 16.1 Å². The van der Waals surface area contributed by atoms with Gasteiger partial charge in [0.1, 0.15) is 0 Å². The molecule has 7 nitrogen and oxygen atoms in total. The highest BCUT2D eigenvalue weighted by molar-refractivity contribution is 5.99. The van der Waals surface area contributed by atoms with Crippen LogP contribution in [0.5, 0.6) is 0 Å². The lowest BCUT2D eigenvalue weighted by Gasteiger charge is -2.13. The molecule has 0 aliphatic heterocycles.